The van der Waals surface area contributed by atoms with E-state index in [9.17, 15) is 0 Å². The van der Waals surface area contributed by atoms with Gasteiger partial charge in [0.1, 0.15) is 0 Å². The molecule has 4 heteroatoms. The fraction of sp³-hybridized carbons (Fsp3) is 0.727. The van der Waals surface area contributed by atoms with Crippen LogP contribution in [0.1, 0.15) is 26.3 Å². The molecule has 84 valence electrons. The summed E-state index contributed by atoms with van der Waals surface area (Å²) in [6, 6.07) is 0.447. The molecule has 0 amide bonds. The summed E-state index contributed by atoms with van der Waals surface area (Å²) in [4.78, 5) is 0. The molecule has 0 radical (unpaired) electrons. The highest BCUT2D eigenvalue weighted by atomic mass is 32.2. The van der Waals surface area contributed by atoms with E-state index in [1.807, 2.05) is 10.9 Å². The zero-order valence-corrected chi connectivity index (χ0v) is 10.3. The molecule has 1 aromatic rings. The van der Waals surface area contributed by atoms with Crippen LogP contribution in [0, 0.1) is 5.92 Å². The second kappa shape index (κ2) is 4.92. The van der Waals surface area contributed by atoms with Gasteiger partial charge < -0.3 is 5.32 Å². The smallest absolute Gasteiger partial charge is 0.0726 e. The van der Waals surface area contributed by atoms with Gasteiger partial charge >= 0.3 is 0 Å². The molecule has 1 fully saturated rings. The molecule has 1 atom stereocenters. The minimum absolute atomic E-state index is 0.447. The van der Waals surface area contributed by atoms with E-state index < -0.39 is 0 Å². The Morgan fingerprint density at radius 3 is 3.13 bits per heavy atom. The van der Waals surface area contributed by atoms with Crippen molar-refractivity contribution in [1.29, 1.82) is 0 Å². The Morgan fingerprint density at radius 2 is 2.53 bits per heavy atom. The fourth-order valence-electron chi connectivity index (χ4n) is 1.72. The first-order valence-corrected chi connectivity index (χ1v) is 6.77. The maximum Gasteiger partial charge on any atom is 0.0726 e. The highest BCUT2D eigenvalue weighted by molar-refractivity contribution is 7.99. The normalized spacial score (nSPS) is 21.1. The minimum Gasteiger partial charge on any atom is -0.382 e. The maximum atomic E-state index is 4.31. The van der Waals surface area contributed by atoms with Crippen molar-refractivity contribution in [3.63, 3.8) is 0 Å². The van der Waals surface area contributed by atoms with E-state index >= 15 is 0 Å². The van der Waals surface area contributed by atoms with Crippen molar-refractivity contribution >= 4 is 17.4 Å². The Balaban J connectivity index is 1.82. The standard InChI is InChI=1S/C11H19N3S/c1-9(2)14-7-11(6-13-14)12-5-10-3-4-15-8-10/h6-7,9-10,12H,3-5,8H2,1-2H3. The Labute approximate surface area is 95.6 Å². The molecule has 0 aliphatic carbocycles. The van der Waals surface area contributed by atoms with E-state index in [1.165, 1.54) is 17.9 Å². The number of anilines is 1. The third-order valence-electron chi connectivity index (χ3n) is 2.75. The molecule has 1 unspecified atom stereocenters. The van der Waals surface area contributed by atoms with E-state index in [-0.39, 0.29) is 0 Å². The fourth-order valence-corrected chi connectivity index (χ4v) is 3.00. The van der Waals surface area contributed by atoms with E-state index in [4.69, 9.17) is 0 Å². The SMILES string of the molecule is CC(C)n1cc(NCC2CCSC2)cn1. The Hall–Kier alpha value is -0.640. The van der Waals surface area contributed by atoms with Gasteiger partial charge in [-0.25, -0.2) is 0 Å². The lowest BCUT2D eigenvalue weighted by molar-refractivity contribution is 0.532. The Kier molecular flexibility index (Phi) is 3.57. The summed E-state index contributed by atoms with van der Waals surface area (Å²) in [5.41, 5.74) is 1.15. The predicted molar refractivity (Wildman–Crippen MR) is 66.5 cm³/mol. The van der Waals surface area contributed by atoms with Gasteiger partial charge in [0.25, 0.3) is 0 Å². The number of hydrogen-bond acceptors (Lipinski definition) is 3. The monoisotopic (exact) mass is 225 g/mol. The molecular formula is C11H19N3S. The summed E-state index contributed by atoms with van der Waals surface area (Å²) in [5, 5.41) is 7.78. The van der Waals surface area contributed by atoms with Crippen molar-refractivity contribution in [2.75, 3.05) is 23.4 Å². The van der Waals surface area contributed by atoms with Gasteiger partial charge in [-0.05, 0) is 37.7 Å². The molecule has 15 heavy (non-hydrogen) atoms. The highest BCUT2D eigenvalue weighted by Gasteiger charge is 2.15. The number of hydrogen-bond donors (Lipinski definition) is 1. The van der Waals surface area contributed by atoms with Crippen LogP contribution in [0.25, 0.3) is 0 Å². The highest BCUT2D eigenvalue weighted by Crippen LogP contribution is 2.23. The van der Waals surface area contributed by atoms with Crippen molar-refractivity contribution in [3.8, 4) is 0 Å². The second-order valence-corrected chi connectivity index (χ2v) is 5.56. The van der Waals surface area contributed by atoms with Gasteiger partial charge in [-0.2, -0.15) is 16.9 Å². The predicted octanol–water partition coefficient (Wildman–Crippen LogP) is 2.63. The van der Waals surface area contributed by atoms with Gasteiger partial charge in [-0.3, -0.25) is 4.68 Å². The maximum absolute atomic E-state index is 4.31. The molecule has 2 heterocycles. The molecule has 0 spiro atoms. The Morgan fingerprint density at radius 1 is 1.67 bits per heavy atom. The number of nitrogens with zero attached hydrogens (tertiary/aromatic N) is 2. The third kappa shape index (κ3) is 2.91. The van der Waals surface area contributed by atoms with Gasteiger partial charge in [0.15, 0.2) is 0 Å². The first-order valence-electron chi connectivity index (χ1n) is 5.61. The van der Waals surface area contributed by atoms with E-state index in [2.05, 4.69) is 42.2 Å². The lowest BCUT2D eigenvalue weighted by atomic mass is 10.1. The minimum atomic E-state index is 0.447. The van der Waals surface area contributed by atoms with Crippen LogP contribution >= 0.6 is 11.8 Å². The molecule has 1 aliphatic heterocycles. The topological polar surface area (TPSA) is 29.9 Å². The second-order valence-electron chi connectivity index (χ2n) is 4.41. The Bertz CT molecular complexity index is 303. The molecular weight excluding hydrogens is 206 g/mol. The number of nitrogens with one attached hydrogen (secondary N) is 1. The number of aromatic nitrogens is 2. The van der Waals surface area contributed by atoms with Crippen LogP contribution < -0.4 is 5.32 Å². The van der Waals surface area contributed by atoms with Crippen LogP contribution in [0.15, 0.2) is 12.4 Å². The summed E-state index contributed by atoms with van der Waals surface area (Å²) >= 11 is 2.07. The van der Waals surface area contributed by atoms with E-state index in [0.717, 1.165) is 18.2 Å². The molecule has 0 saturated carbocycles. The van der Waals surface area contributed by atoms with Crippen LogP contribution in [-0.4, -0.2) is 27.8 Å². The molecule has 0 bridgehead atoms. The summed E-state index contributed by atoms with van der Waals surface area (Å²) in [7, 11) is 0. The van der Waals surface area contributed by atoms with Gasteiger partial charge in [-0.1, -0.05) is 0 Å². The van der Waals surface area contributed by atoms with Crippen LogP contribution in [-0.2, 0) is 0 Å². The van der Waals surface area contributed by atoms with E-state index in [0.29, 0.717) is 6.04 Å². The molecule has 1 aromatic heterocycles. The van der Waals surface area contributed by atoms with Crippen LogP contribution in [0.5, 0.6) is 0 Å². The van der Waals surface area contributed by atoms with Crippen molar-refractivity contribution in [2.45, 2.75) is 26.3 Å². The largest absolute Gasteiger partial charge is 0.382 e. The summed E-state index contributed by atoms with van der Waals surface area (Å²) in [6.45, 7) is 5.38. The van der Waals surface area contributed by atoms with Crippen molar-refractivity contribution in [1.82, 2.24) is 9.78 Å². The summed E-state index contributed by atoms with van der Waals surface area (Å²) in [5.74, 6) is 3.49. The van der Waals surface area contributed by atoms with Gasteiger partial charge in [0, 0.05) is 18.8 Å². The van der Waals surface area contributed by atoms with Gasteiger partial charge in [-0.15, -0.1) is 0 Å². The average molecular weight is 225 g/mol. The molecule has 0 aromatic carbocycles. The quantitative estimate of drug-likeness (QED) is 0.854. The van der Waals surface area contributed by atoms with E-state index in [1.54, 1.807) is 0 Å². The zero-order chi connectivity index (χ0) is 10.7. The molecule has 1 saturated heterocycles. The van der Waals surface area contributed by atoms with Crippen molar-refractivity contribution < 1.29 is 0 Å². The van der Waals surface area contributed by atoms with Gasteiger partial charge in [0.2, 0.25) is 0 Å². The summed E-state index contributed by atoms with van der Waals surface area (Å²) < 4.78 is 1.99. The first-order chi connectivity index (χ1) is 7.25. The average Bonchev–Trinajstić information content (AvgIpc) is 2.86. The summed E-state index contributed by atoms with van der Waals surface area (Å²) in [6.07, 6.45) is 5.37. The number of thioether (sulfide) groups is 1. The lowest BCUT2D eigenvalue weighted by Gasteiger charge is -2.09. The van der Waals surface area contributed by atoms with Crippen LogP contribution in [0.2, 0.25) is 0 Å². The molecule has 3 nitrogen and oxygen atoms in total. The number of rotatable bonds is 4. The van der Waals surface area contributed by atoms with Gasteiger partial charge in [0.05, 0.1) is 11.9 Å². The molecule has 1 N–H and O–H groups in total. The van der Waals surface area contributed by atoms with Crippen LogP contribution in [0.3, 0.4) is 0 Å². The molecule has 1 aliphatic rings. The zero-order valence-electron chi connectivity index (χ0n) is 9.44. The molecule has 2 rings (SSSR count). The van der Waals surface area contributed by atoms with Crippen molar-refractivity contribution in [2.24, 2.45) is 5.92 Å². The first kappa shape index (κ1) is 10.9. The lowest BCUT2D eigenvalue weighted by Crippen LogP contribution is -2.13. The third-order valence-corrected chi connectivity index (χ3v) is 3.98. The van der Waals surface area contributed by atoms with Crippen LogP contribution in [0.4, 0.5) is 5.69 Å². The van der Waals surface area contributed by atoms with Crippen molar-refractivity contribution in [3.05, 3.63) is 12.4 Å².